The molecule has 0 radical (unpaired) electrons. The van der Waals surface area contributed by atoms with Gasteiger partial charge in [0.2, 0.25) is 0 Å². The Labute approximate surface area is 169 Å². The van der Waals surface area contributed by atoms with Crippen LogP contribution in [0.2, 0.25) is 0 Å². The summed E-state index contributed by atoms with van der Waals surface area (Å²) in [5.74, 6) is 0.199. The van der Waals surface area contributed by atoms with Crippen LogP contribution in [0.15, 0.2) is 0 Å². The normalized spacial score (nSPS) is 12.1. The fraction of sp³-hybridized carbons (Fsp3) is 0.900. The van der Waals surface area contributed by atoms with Gasteiger partial charge >= 0.3 is 6.09 Å². The Hall–Kier alpha value is -1.22. The molecular weight excluding hydrogens is 366 g/mol. The molecule has 0 aliphatic heterocycles. The van der Waals surface area contributed by atoms with Crippen LogP contribution in [-0.2, 0) is 28.5 Å². The average molecular weight is 406 g/mol. The maximum Gasteiger partial charge on any atom is 0.407 e. The molecule has 0 aromatic rings. The van der Waals surface area contributed by atoms with Crippen molar-refractivity contribution in [1.29, 1.82) is 0 Å². The van der Waals surface area contributed by atoms with E-state index in [-0.39, 0.29) is 11.2 Å². The molecule has 8 nitrogen and oxygen atoms in total. The first-order valence-corrected chi connectivity index (χ1v) is 9.83. The van der Waals surface area contributed by atoms with E-state index in [2.05, 4.69) is 5.32 Å². The highest BCUT2D eigenvalue weighted by Gasteiger charge is 2.20. The summed E-state index contributed by atoms with van der Waals surface area (Å²) in [6.45, 7) is 15.2. The van der Waals surface area contributed by atoms with E-state index < -0.39 is 11.7 Å². The molecule has 0 rings (SSSR count). The Morgan fingerprint density at radius 3 is 1.54 bits per heavy atom. The quantitative estimate of drug-likeness (QED) is 0.419. The molecule has 0 saturated heterocycles. The minimum atomic E-state index is -0.502. The van der Waals surface area contributed by atoms with Crippen molar-refractivity contribution in [2.45, 2.75) is 53.6 Å². The van der Waals surface area contributed by atoms with Crippen molar-refractivity contribution in [2.75, 3.05) is 59.4 Å². The molecule has 0 saturated carbocycles. The lowest BCUT2D eigenvalue weighted by molar-refractivity contribution is -0.127. The molecule has 0 aliphatic carbocycles. The first-order valence-electron chi connectivity index (χ1n) is 9.83. The zero-order valence-corrected chi connectivity index (χ0v) is 18.4. The second kappa shape index (κ2) is 14.7. The molecular formula is C20H39NO7. The van der Waals surface area contributed by atoms with E-state index in [0.29, 0.717) is 65.8 Å². The molecule has 0 unspecified atom stereocenters. The van der Waals surface area contributed by atoms with Crippen LogP contribution in [0.5, 0.6) is 0 Å². The molecule has 166 valence electrons. The van der Waals surface area contributed by atoms with Crippen LogP contribution < -0.4 is 5.32 Å². The molecule has 0 aromatic heterocycles. The Morgan fingerprint density at radius 1 is 0.679 bits per heavy atom. The zero-order valence-electron chi connectivity index (χ0n) is 18.4. The molecule has 0 aromatic carbocycles. The van der Waals surface area contributed by atoms with E-state index in [1.165, 1.54) is 0 Å². The Kier molecular flexibility index (Phi) is 14.1. The third-order valence-electron chi connectivity index (χ3n) is 3.34. The van der Waals surface area contributed by atoms with E-state index in [1.807, 2.05) is 41.5 Å². The van der Waals surface area contributed by atoms with Gasteiger partial charge in [0, 0.05) is 18.4 Å². The van der Waals surface area contributed by atoms with E-state index in [4.69, 9.17) is 23.7 Å². The van der Waals surface area contributed by atoms with E-state index >= 15 is 0 Å². The molecule has 0 spiro atoms. The number of nitrogens with one attached hydrogen (secondary N) is 1. The van der Waals surface area contributed by atoms with E-state index in [1.54, 1.807) is 0 Å². The highest BCUT2D eigenvalue weighted by atomic mass is 16.6. The van der Waals surface area contributed by atoms with Gasteiger partial charge in [0.15, 0.2) is 0 Å². The van der Waals surface area contributed by atoms with Crippen LogP contribution in [0.1, 0.15) is 48.0 Å². The van der Waals surface area contributed by atoms with Gasteiger partial charge in [0.05, 0.1) is 52.9 Å². The van der Waals surface area contributed by atoms with Crippen molar-refractivity contribution in [3.8, 4) is 0 Å². The fourth-order valence-corrected chi connectivity index (χ4v) is 1.84. The van der Waals surface area contributed by atoms with Crippen LogP contribution in [0.4, 0.5) is 4.79 Å². The van der Waals surface area contributed by atoms with Crippen molar-refractivity contribution < 1.29 is 33.3 Å². The number of amides is 1. The second-order valence-corrected chi connectivity index (χ2v) is 8.30. The largest absolute Gasteiger partial charge is 0.444 e. The minimum absolute atomic E-state index is 0.199. The third-order valence-corrected chi connectivity index (χ3v) is 3.34. The SMILES string of the molecule is CC(C)(C)OC(=O)NCCOCCOCCOCCOCCC(=O)C(C)(C)C. The first kappa shape index (κ1) is 26.8. The standard InChI is InChI=1S/C20H39NO7/c1-19(2,3)17(22)7-9-24-11-13-26-15-16-27-14-12-25-10-8-21-18(23)28-20(4,5)6/h7-16H2,1-6H3,(H,21,23). The smallest absolute Gasteiger partial charge is 0.407 e. The summed E-state index contributed by atoms with van der Waals surface area (Å²) in [6.07, 6.45) is -0.0193. The Morgan fingerprint density at radius 2 is 1.11 bits per heavy atom. The maximum atomic E-state index is 11.7. The number of ether oxygens (including phenoxy) is 5. The minimum Gasteiger partial charge on any atom is -0.444 e. The number of hydrogen-bond donors (Lipinski definition) is 1. The number of carbonyl (C=O) groups is 2. The summed E-state index contributed by atoms with van der Waals surface area (Å²) in [6, 6.07) is 0. The van der Waals surface area contributed by atoms with E-state index in [0.717, 1.165) is 0 Å². The molecule has 0 heterocycles. The number of carbonyl (C=O) groups excluding carboxylic acids is 2. The van der Waals surface area contributed by atoms with Crippen LogP contribution >= 0.6 is 0 Å². The lowest BCUT2D eigenvalue weighted by atomic mass is 9.89. The van der Waals surface area contributed by atoms with Gasteiger partial charge < -0.3 is 29.0 Å². The van der Waals surface area contributed by atoms with Crippen LogP contribution in [0.25, 0.3) is 0 Å². The summed E-state index contributed by atoms with van der Waals surface area (Å²) >= 11 is 0. The summed E-state index contributed by atoms with van der Waals surface area (Å²) < 4.78 is 26.6. The Balaban J connectivity index is 3.26. The van der Waals surface area contributed by atoms with Gasteiger partial charge in [-0.25, -0.2) is 4.79 Å². The zero-order chi connectivity index (χ0) is 21.5. The second-order valence-electron chi connectivity index (χ2n) is 8.30. The highest BCUT2D eigenvalue weighted by molar-refractivity contribution is 5.83. The topological polar surface area (TPSA) is 92.3 Å². The van der Waals surface area contributed by atoms with Gasteiger partial charge in [-0.05, 0) is 20.8 Å². The molecule has 0 aliphatic rings. The van der Waals surface area contributed by atoms with E-state index in [9.17, 15) is 9.59 Å². The fourth-order valence-electron chi connectivity index (χ4n) is 1.84. The predicted molar refractivity (Wildman–Crippen MR) is 107 cm³/mol. The summed E-state index contributed by atoms with van der Waals surface area (Å²) in [5.41, 5.74) is -0.812. The third kappa shape index (κ3) is 18.2. The lowest BCUT2D eigenvalue weighted by Crippen LogP contribution is -2.34. The van der Waals surface area contributed by atoms with Crippen LogP contribution in [-0.4, -0.2) is 76.9 Å². The molecule has 0 bridgehead atoms. The van der Waals surface area contributed by atoms with Gasteiger partial charge in [-0.3, -0.25) is 4.79 Å². The predicted octanol–water partition coefficient (Wildman–Crippen LogP) is 2.58. The molecule has 8 heteroatoms. The number of Topliss-reactive ketones (excluding diaryl/α,β-unsaturated/α-hetero) is 1. The summed E-state index contributed by atoms with van der Waals surface area (Å²) in [5, 5.41) is 2.61. The molecule has 1 N–H and O–H groups in total. The van der Waals surface area contributed by atoms with Gasteiger partial charge in [-0.15, -0.1) is 0 Å². The van der Waals surface area contributed by atoms with Crippen molar-refractivity contribution in [3.05, 3.63) is 0 Å². The summed E-state index contributed by atoms with van der Waals surface area (Å²) in [4.78, 5) is 23.1. The maximum absolute atomic E-state index is 11.7. The van der Waals surface area contributed by atoms with Crippen LogP contribution in [0.3, 0.4) is 0 Å². The van der Waals surface area contributed by atoms with Gasteiger partial charge in [0.1, 0.15) is 11.4 Å². The summed E-state index contributed by atoms with van der Waals surface area (Å²) in [7, 11) is 0. The number of alkyl carbamates (subject to hydrolysis) is 1. The van der Waals surface area contributed by atoms with Gasteiger partial charge in [0.25, 0.3) is 0 Å². The van der Waals surface area contributed by atoms with Crippen molar-refractivity contribution in [2.24, 2.45) is 5.41 Å². The molecule has 0 atom stereocenters. The molecule has 28 heavy (non-hydrogen) atoms. The van der Waals surface area contributed by atoms with Crippen molar-refractivity contribution in [3.63, 3.8) is 0 Å². The van der Waals surface area contributed by atoms with Crippen molar-refractivity contribution in [1.82, 2.24) is 5.32 Å². The number of hydrogen-bond acceptors (Lipinski definition) is 7. The Bertz CT molecular complexity index is 427. The number of rotatable bonds is 15. The number of ketones is 1. The van der Waals surface area contributed by atoms with Gasteiger partial charge in [-0.2, -0.15) is 0 Å². The van der Waals surface area contributed by atoms with Crippen LogP contribution in [0, 0.1) is 5.41 Å². The first-order chi connectivity index (χ1) is 13.0. The highest BCUT2D eigenvalue weighted by Crippen LogP contribution is 2.16. The van der Waals surface area contributed by atoms with Gasteiger partial charge in [-0.1, -0.05) is 20.8 Å². The molecule has 1 amide bonds. The van der Waals surface area contributed by atoms with Crippen molar-refractivity contribution >= 4 is 11.9 Å². The monoisotopic (exact) mass is 405 g/mol. The average Bonchev–Trinajstić information content (AvgIpc) is 2.55. The molecule has 0 fully saturated rings. The lowest BCUT2D eigenvalue weighted by Gasteiger charge is -2.19.